The summed E-state index contributed by atoms with van der Waals surface area (Å²) >= 11 is 1.44. The highest BCUT2D eigenvalue weighted by Crippen LogP contribution is 2.15. The fourth-order valence-electron chi connectivity index (χ4n) is 1.65. The molecule has 1 heterocycles. The number of amides is 1. The molecule has 8 heteroatoms. The maximum absolute atomic E-state index is 11.8. The zero-order valence-electron chi connectivity index (χ0n) is 11.6. The number of nitrogen functional groups attached to an aromatic ring is 1. The molecule has 0 saturated carbocycles. The maximum atomic E-state index is 11.8. The van der Waals surface area contributed by atoms with Crippen LogP contribution >= 0.6 is 11.8 Å². The summed E-state index contributed by atoms with van der Waals surface area (Å²) < 4.78 is 1.44. The third-order valence-corrected chi connectivity index (χ3v) is 3.93. The number of carbonyl (C=O) groups is 1. The first kappa shape index (κ1) is 15.2. The number of nitrogens with two attached hydrogens (primary N) is 1. The van der Waals surface area contributed by atoms with Crippen LogP contribution in [0.4, 0.5) is 11.4 Å². The summed E-state index contributed by atoms with van der Waals surface area (Å²) in [7, 11) is 1.65. The van der Waals surface area contributed by atoms with E-state index in [9.17, 15) is 9.59 Å². The first-order valence-corrected chi connectivity index (χ1v) is 7.44. The van der Waals surface area contributed by atoms with E-state index in [-0.39, 0.29) is 11.6 Å². The minimum absolute atomic E-state index is 0.0451. The van der Waals surface area contributed by atoms with Gasteiger partial charge in [0, 0.05) is 30.6 Å². The van der Waals surface area contributed by atoms with Crippen LogP contribution in [-0.2, 0) is 11.8 Å². The van der Waals surface area contributed by atoms with E-state index >= 15 is 0 Å². The third-order valence-electron chi connectivity index (χ3n) is 2.81. The van der Waals surface area contributed by atoms with Gasteiger partial charge in [-0.25, -0.2) is 9.89 Å². The molecule has 0 bridgehead atoms. The van der Waals surface area contributed by atoms with Gasteiger partial charge in [0.15, 0.2) is 5.16 Å². The molecule has 0 atom stereocenters. The van der Waals surface area contributed by atoms with Crippen LogP contribution in [0.5, 0.6) is 0 Å². The summed E-state index contributed by atoms with van der Waals surface area (Å²) in [6.45, 7) is 0. The topological polar surface area (TPSA) is 106 Å². The molecule has 0 radical (unpaired) electrons. The number of hydrogen-bond donors (Lipinski definition) is 3. The number of benzene rings is 1. The molecule has 4 N–H and O–H groups in total. The molecule has 7 nitrogen and oxygen atoms in total. The molecular formula is C13H17N5O2S. The molecule has 0 spiro atoms. The number of anilines is 2. The molecule has 0 aliphatic carbocycles. The third kappa shape index (κ3) is 4.38. The van der Waals surface area contributed by atoms with E-state index < -0.39 is 0 Å². The molecule has 0 saturated heterocycles. The van der Waals surface area contributed by atoms with E-state index in [1.165, 1.54) is 16.3 Å². The quantitative estimate of drug-likeness (QED) is 0.422. The Balaban J connectivity index is 1.71. The van der Waals surface area contributed by atoms with Crippen molar-refractivity contribution in [2.24, 2.45) is 7.05 Å². The maximum Gasteiger partial charge on any atom is 0.343 e. The smallest absolute Gasteiger partial charge is 0.343 e. The summed E-state index contributed by atoms with van der Waals surface area (Å²) in [5.41, 5.74) is 6.73. The lowest BCUT2D eigenvalue weighted by Crippen LogP contribution is -2.13. The highest BCUT2D eigenvalue weighted by Gasteiger charge is 2.06. The summed E-state index contributed by atoms with van der Waals surface area (Å²) in [5, 5.41) is 9.68. The Hall–Kier alpha value is -2.22. The average Bonchev–Trinajstić information content (AvgIpc) is 2.78. The van der Waals surface area contributed by atoms with E-state index in [4.69, 9.17) is 5.73 Å². The number of aromatic amines is 1. The van der Waals surface area contributed by atoms with Crippen molar-refractivity contribution in [1.82, 2.24) is 14.8 Å². The lowest BCUT2D eigenvalue weighted by Gasteiger charge is -2.05. The first-order valence-electron chi connectivity index (χ1n) is 6.46. The van der Waals surface area contributed by atoms with E-state index in [1.54, 1.807) is 31.3 Å². The van der Waals surface area contributed by atoms with Gasteiger partial charge in [-0.2, -0.15) is 0 Å². The van der Waals surface area contributed by atoms with Gasteiger partial charge in [-0.1, -0.05) is 11.8 Å². The van der Waals surface area contributed by atoms with Gasteiger partial charge < -0.3 is 11.1 Å². The molecule has 2 rings (SSSR count). The monoisotopic (exact) mass is 307 g/mol. The average molecular weight is 307 g/mol. The molecule has 21 heavy (non-hydrogen) atoms. The standard InChI is InChI=1S/C13H17N5O2S/c1-18-12(20)16-17-13(18)21-8-2-3-11(19)15-10-6-4-9(14)5-7-10/h4-7H,2-3,8,14H2,1H3,(H,15,19)(H,16,20). The fourth-order valence-corrected chi connectivity index (χ4v) is 2.51. The molecule has 0 aliphatic rings. The van der Waals surface area contributed by atoms with Crippen LogP contribution < -0.4 is 16.7 Å². The van der Waals surface area contributed by atoms with Gasteiger partial charge in [0.2, 0.25) is 5.91 Å². The van der Waals surface area contributed by atoms with Gasteiger partial charge in [0.25, 0.3) is 0 Å². The number of nitrogens with zero attached hydrogens (tertiary/aromatic N) is 2. The van der Waals surface area contributed by atoms with Crippen LogP contribution in [0.1, 0.15) is 12.8 Å². The van der Waals surface area contributed by atoms with Gasteiger partial charge in [0.05, 0.1) is 0 Å². The molecule has 1 aromatic carbocycles. The fraction of sp³-hybridized carbons (Fsp3) is 0.308. The molecule has 0 aliphatic heterocycles. The van der Waals surface area contributed by atoms with Crippen molar-refractivity contribution < 1.29 is 4.79 Å². The summed E-state index contributed by atoms with van der Waals surface area (Å²) in [6, 6.07) is 7.01. The van der Waals surface area contributed by atoms with Crippen LogP contribution in [0, 0.1) is 0 Å². The Morgan fingerprint density at radius 2 is 2.14 bits per heavy atom. The second-order valence-electron chi connectivity index (χ2n) is 4.49. The summed E-state index contributed by atoms with van der Waals surface area (Å²) in [4.78, 5) is 22.9. The Bertz CT molecular complexity index is 662. The second-order valence-corrected chi connectivity index (χ2v) is 5.55. The Kier molecular flexibility index (Phi) is 5.04. The highest BCUT2D eigenvalue weighted by molar-refractivity contribution is 7.99. The van der Waals surface area contributed by atoms with Crippen molar-refractivity contribution in [3.05, 3.63) is 34.7 Å². The van der Waals surface area contributed by atoms with Crippen molar-refractivity contribution in [2.75, 3.05) is 16.8 Å². The molecule has 112 valence electrons. The van der Waals surface area contributed by atoms with Crippen molar-refractivity contribution in [2.45, 2.75) is 18.0 Å². The first-order chi connectivity index (χ1) is 10.1. The number of nitrogens with one attached hydrogen (secondary N) is 2. The zero-order chi connectivity index (χ0) is 15.2. The SMILES string of the molecule is Cn1c(SCCCC(=O)Nc2ccc(N)cc2)n[nH]c1=O. The number of thioether (sulfide) groups is 1. The van der Waals surface area contributed by atoms with Crippen LogP contribution in [0.2, 0.25) is 0 Å². The van der Waals surface area contributed by atoms with Crippen LogP contribution in [0.3, 0.4) is 0 Å². The second kappa shape index (κ2) is 6.98. The van der Waals surface area contributed by atoms with Crippen LogP contribution in [0.25, 0.3) is 0 Å². The van der Waals surface area contributed by atoms with Gasteiger partial charge in [0.1, 0.15) is 0 Å². The van der Waals surface area contributed by atoms with Crippen molar-refractivity contribution in [3.8, 4) is 0 Å². The minimum Gasteiger partial charge on any atom is -0.399 e. The lowest BCUT2D eigenvalue weighted by atomic mass is 10.2. The van der Waals surface area contributed by atoms with Crippen molar-refractivity contribution in [3.63, 3.8) is 0 Å². The van der Waals surface area contributed by atoms with Gasteiger partial charge >= 0.3 is 5.69 Å². The Labute approximate surface area is 125 Å². The minimum atomic E-state index is -0.237. The van der Waals surface area contributed by atoms with Crippen LogP contribution in [-0.4, -0.2) is 26.4 Å². The van der Waals surface area contributed by atoms with E-state index in [1.807, 2.05) is 0 Å². The molecule has 1 amide bonds. The molecular weight excluding hydrogens is 290 g/mol. The summed E-state index contributed by atoms with van der Waals surface area (Å²) in [5.74, 6) is 0.670. The normalized spacial score (nSPS) is 10.5. The molecule has 2 aromatic rings. The van der Waals surface area contributed by atoms with Crippen LogP contribution in [0.15, 0.2) is 34.2 Å². The van der Waals surface area contributed by atoms with Crippen molar-refractivity contribution in [1.29, 1.82) is 0 Å². The van der Waals surface area contributed by atoms with Gasteiger partial charge in [-0.05, 0) is 30.7 Å². The number of hydrogen-bond acceptors (Lipinski definition) is 5. The summed E-state index contributed by atoms with van der Waals surface area (Å²) in [6.07, 6.45) is 1.11. The number of carbonyl (C=O) groups excluding carboxylic acids is 1. The predicted molar refractivity (Wildman–Crippen MR) is 83.3 cm³/mol. The van der Waals surface area contributed by atoms with Gasteiger partial charge in [-0.15, -0.1) is 5.10 Å². The van der Waals surface area contributed by atoms with Crippen molar-refractivity contribution >= 4 is 29.0 Å². The molecule has 0 unspecified atom stereocenters. The van der Waals surface area contributed by atoms with E-state index in [0.29, 0.717) is 29.4 Å². The predicted octanol–water partition coefficient (Wildman–Crippen LogP) is 1.20. The Morgan fingerprint density at radius 3 is 2.76 bits per heavy atom. The number of H-pyrrole nitrogens is 1. The van der Waals surface area contributed by atoms with Gasteiger partial charge in [-0.3, -0.25) is 9.36 Å². The van der Waals surface area contributed by atoms with E-state index in [0.717, 1.165) is 5.69 Å². The number of aromatic nitrogens is 3. The molecule has 0 fully saturated rings. The lowest BCUT2D eigenvalue weighted by molar-refractivity contribution is -0.116. The largest absolute Gasteiger partial charge is 0.399 e. The Morgan fingerprint density at radius 1 is 1.43 bits per heavy atom. The zero-order valence-corrected chi connectivity index (χ0v) is 12.4. The highest BCUT2D eigenvalue weighted by atomic mass is 32.2. The molecule has 1 aromatic heterocycles. The number of rotatable bonds is 6. The van der Waals surface area contributed by atoms with E-state index in [2.05, 4.69) is 15.5 Å².